The van der Waals surface area contributed by atoms with E-state index in [1.807, 2.05) is 0 Å². The second kappa shape index (κ2) is 2.95. The van der Waals surface area contributed by atoms with Gasteiger partial charge in [0.2, 0.25) is 0 Å². The zero-order chi connectivity index (χ0) is 9.53. The topological polar surface area (TPSA) is 46.2 Å². The Morgan fingerprint density at radius 2 is 2.31 bits per heavy atom. The summed E-state index contributed by atoms with van der Waals surface area (Å²) >= 11 is 0. The van der Waals surface area contributed by atoms with E-state index >= 15 is 0 Å². The van der Waals surface area contributed by atoms with Gasteiger partial charge in [-0.3, -0.25) is 0 Å². The maximum Gasteiger partial charge on any atom is 0.158 e. The Kier molecular flexibility index (Phi) is 2.15. The van der Waals surface area contributed by atoms with Crippen molar-refractivity contribution in [1.29, 1.82) is 0 Å². The van der Waals surface area contributed by atoms with E-state index in [9.17, 15) is 8.42 Å². The molecule has 0 aromatic carbocycles. The predicted octanol–water partition coefficient (Wildman–Crippen LogP) is 0.563. The molecular formula is C9H17NO2S. The fourth-order valence-electron chi connectivity index (χ4n) is 2.71. The van der Waals surface area contributed by atoms with Gasteiger partial charge in [0, 0.05) is 13.1 Å². The summed E-state index contributed by atoms with van der Waals surface area (Å²) in [7, 11) is -2.81. The van der Waals surface area contributed by atoms with Crippen molar-refractivity contribution >= 4 is 9.84 Å². The first kappa shape index (κ1) is 9.46. The van der Waals surface area contributed by atoms with Gasteiger partial charge >= 0.3 is 0 Å². The molecule has 76 valence electrons. The third-order valence-corrected chi connectivity index (χ3v) is 6.41. The molecule has 0 bridgehead atoms. The van der Waals surface area contributed by atoms with Crippen molar-refractivity contribution in [2.24, 2.45) is 5.92 Å². The van der Waals surface area contributed by atoms with Crippen LogP contribution in [0.5, 0.6) is 0 Å². The van der Waals surface area contributed by atoms with Gasteiger partial charge in [0.15, 0.2) is 9.84 Å². The summed E-state index contributed by atoms with van der Waals surface area (Å²) < 4.78 is 23.5. The molecule has 2 unspecified atom stereocenters. The van der Waals surface area contributed by atoms with Crippen molar-refractivity contribution in [3.63, 3.8) is 0 Å². The minimum Gasteiger partial charge on any atom is -0.314 e. The first-order valence-corrected chi connectivity index (χ1v) is 6.70. The lowest BCUT2D eigenvalue weighted by Crippen LogP contribution is -2.63. The molecule has 1 spiro atoms. The van der Waals surface area contributed by atoms with E-state index in [1.165, 1.54) is 0 Å². The zero-order valence-corrected chi connectivity index (χ0v) is 8.86. The average Bonchev–Trinajstić information content (AvgIpc) is 2.02. The van der Waals surface area contributed by atoms with Gasteiger partial charge in [0.25, 0.3) is 0 Å². The molecule has 0 amide bonds. The van der Waals surface area contributed by atoms with E-state index in [0.29, 0.717) is 24.8 Å². The van der Waals surface area contributed by atoms with Crippen LogP contribution >= 0.6 is 0 Å². The normalized spacial score (nSPS) is 43.0. The molecule has 1 N–H and O–H groups in total. The van der Waals surface area contributed by atoms with Crippen molar-refractivity contribution in [2.45, 2.75) is 30.9 Å². The maximum atomic E-state index is 11.9. The number of hydrogen-bond donors (Lipinski definition) is 1. The van der Waals surface area contributed by atoms with Crippen molar-refractivity contribution in [3.05, 3.63) is 0 Å². The summed E-state index contributed by atoms with van der Waals surface area (Å²) in [5.41, 5.74) is 0. The molecule has 2 atom stereocenters. The standard InChI is InChI=1S/C9H17NO2S/c1-2-8-3-4-9(8)7-10-5-6-13(9,11)12/h8,10H,2-7H2,1H3. The molecular weight excluding hydrogens is 186 g/mol. The lowest BCUT2D eigenvalue weighted by molar-refractivity contribution is 0.186. The molecule has 1 saturated carbocycles. The lowest BCUT2D eigenvalue weighted by Gasteiger charge is -2.50. The highest BCUT2D eigenvalue weighted by atomic mass is 32.2. The second-order valence-corrected chi connectivity index (χ2v) is 6.66. The van der Waals surface area contributed by atoms with Crippen LogP contribution < -0.4 is 5.32 Å². The summed E-state index contributed by atoms with van der Waals surface area (Å²) in [4.78, 5) is 0. The Morgan fingerprint density at radius 1 is 1.54 bits per heavy atom. The quantitative estimate of drug-likeness (QED) is 0.677. The van der Waals surface area contributed by atoms with Crippen LogP contribution in [0.3, 0.4) is 0 Å². The summed E-state index contributed by atoms with van der Waals surface area (Å²) in [5.74, 6) is 0.744. The van der Waals surface area contributed by atoms with Crippen LogP contribution in [-0.4, -0.2) is 32.0 Å². The van der Waals surface area contributed by atoms with Gasteiger partial charge in [0.1, 0.15) is 0 Å². The number of nitrogens with one attached hydrogen (secondary N) is 1. The first-order chi connectivity index (χ1) is 6.12. The minimum absolute atomic E-state index is 0.337. The molecule has 3 nitrogen and oxygen atoms in total. The van der Waals surface area contributed by atoms with Gasteiger partial charge < -0.3 is 5.32 Å². The Balaban J connectivity index is 2.29. The van der Waals surface area contributed by atoms with Crippen LogP contribution in [0.4, 0.5) is 0 Å². The molecule has 1 heterocycles. The molecule has 13 heavy (non-hydrogen) atoms. The van der Waals surface area contributed by atoms with E-state index < -0.39 is 9.84 Å². The smallest absolute Gasteiger partial charge is 0.158 e. The fourth-order valence-corrected chi connectivity index (χ4v) is 5.07. The largest absolute Gasteiger partial charge is 0.314 e. The van der Waals surface area contributed by atoms with Crippen LogP contribution in [0.25, 0.3) is 0 Å². The van der Waals surface area contributed by atoms with E-state index in [0.717, 1.165) is 19.3 Å². The Hall–Kier alpha value is -0.0900. The molecule has 4 heteroatoms. The van der Waals surface area contributed by atoms with E-state index in [1.54, 1.807) is 0 Å². The van der Waals surface area contributed by atoms with E-state index in [4.69, 9.17) is 0 Å². The predicted molar refractivity (Wildman–Crippen MR) is 52.4 cm³/mol. The van der Waals surface area contributed by atoms with Gasteiger partial charge in [0.05, 0.1) is 10.5 Å². The summed E-state index contributed by atoms with van der Waals surface area (Å²) in [5, 5.41) is 3.22. The average molecular weight is 203 g/mol. The third-order valence-electron chi connectivity index (χ3n) is 3.74. The summed E-state index contributed by atoms with van der Waals surface area (Å²) in [6, 6.07) is 0. The van der Waals surface area contributed by atoms with Gasteiger partial charge in [-0.25, -0.2) is 8.42 Å². The van der Waals surface area contributed by atoms with Gasteiger partial charge in [-0.15, -0.1) is 0 Å². The highest BCUT2D eigenvalue weighted by molar-refractivity contribution is 7.93. The number of hydrogen-bond acceptors (Lipinski definition) is 3. The Bertz CT molecular complexity index is 297. The van der Waals surface area contributed by atoms with Crippen LogP contribution in [0.2, 0.25) is 0 Å². The SMILES string of the molecule is CCC1CCC12CNCCS2(=O)=O. The number of rotatable bonds is 1. The molecule has 1 aliphatic carbocycles. The van der Waals surface area contributed by atoms with Crippen molar-refractivity contribution in [2.75, 3.05) is 18.8 Å². The molecule has 2 fully saturated rings. The minimum atomic E-state index is -2.81. The van der Waals surface area contributed by atoms with Gasteiger partial charge in [-0.1, -0.05) is 13.3 Å². The molecule has 2 rings (SSSR count). The molecule has 2 aliphatic rings. The van der Waals surface area contributed by atoms with Crippen molar-refractivity contribution < 1.29 is 8.42 Å². The maximum absolute atomic E-state index is 11.9. The number of sulfone groups is 1. The lowest BCUT2D eigenvalue weighted by atomic mass is 9.71. The van der Waals surface area contributed by atoms with E-state index in [-0.39, 0.29) is 4.75 Å². The highest BCUT2D eigenvalue weighted by Crippen LogP contribution is 2.47. The van der Waals surface area contributed by atoms with Crippen molar-refractivity contribution in [3.8, 4) is 0 Å². The van der Waals surface area contributed by atoms with E-state index in [2.05, 4.69) is 12.2 Å². The molecule has 0 radical (unpaired) electrons. The monoisotopic (exact) mass is 203 g/mol. The molecule has 1 aliphatic heterocycles. The van der Waals surface area contributed by atoms with Crippen LogP contribution in [0.1, 0.15) is 26.2 Å². The van der Waals surface area contributed by atoms with Crippen LogP contribution in [0, 0.1) is 5.92 Å². The van der Waals surface area contributed by atoms with Gasteiger partial charge in [-0.05, 0) is 18.8 Å². The highest BCUT2D eigenvalue weighted by Gasteiger charge is 2.55. The summed E-state index contributed by atoms with van der Waals surface area (Å²) in [6.45, 7) is 3.42. The Labute approximate surface area is 79.8 Å². The third kappa shape index (κ3) is 1.15. The fraction of sp³-hybridized carbons (Fsp3) is 1.00. The van der Waals surface area contributed by atoms with Crippen LogP contribution in [-0.2, 0) is 9.84 Å². The van der Waals surface area contributed by atoms with Crippen molar-refractivity contribution in [1.82, 2.24) is 5.32 Å². The molecule has 0 aromatic heterocycles. The Morgan fingerprint density at radius 3 is 2.77 bits per heavy atom. The summed E-state index contributed by atoms with van der Waals surface area (Å²) in [6.07, 6.45) is 2.97. The van der Waals surface area contributed by atoms with Gasteiger partial charge in [-0.2, -0.15) is 0 Å². The molecule has 1 saturated heterocycles. The zero-order valence-electron chi connectivity index (χ0n) is 8.04. The first-order valence-electron chi connectivity index (χ1n) is 5.05. The molecule has 0 aromatic rings. The second-order valence-electron chi connectivity index (χ2n) is 4.20. The van der Waals surface area contributed by atoms with Crippen LogP contribution in [0.15, 0.2) is 0 Å².